The van der Waals surface area contributed by atoms with E-state index in [4.69, 9.17) is 4.74 Å². The first-order chi connectivity index (χ1) is 15.9. The molecule has 1 fully saturated rings. The monoisotopic (exact) mass is 562 g/mol. The fraction of sp³-hybridized carbons (Fsp3) is 0.385. The second kappa shape index (κ2) is 11.7. The SMILES string of the molecule is CCOc1cccc(/C(O)=C2\C(=O)C(=O)N(CCCN(CC)CC)C2c2ccc(I)cc2)c1. The number of hydrogen-bond donors (Lipinski definition) is 1. The van der Waals surface area contributed by atoms with Crippen LogP contribution in [0.15, 0.2) is 54.1 Å². The van der Waals surface area contributed by atoms with Gasteiger partial charge in [0.15, 0.2) is 0 Å². The smallest absolute Gasteiger partial charge is 0.295 e. The van der Waals surface area contributed by atoms with Crippen molar-refractivity contribution >= 4 is 40.0 Å². The fourth-order valence-electron chi connectivity index (χ4n) is 4.16. The molecule has 1 atom stereocenters. The predicted octanol–water partition coefficient (Wildman–Crippen LogP) is 4.84. The van der Waals surface area contributed by atoms with E-state index in [1.165, 1.54) is 0 Å². The van der Waals surface area contributed by atoms with E-state index in [9.17, 15) is 14.7 Å². The molecular weight excluding hydrogens is 531 g/mol. The highest BCUT2D eigenvalue weighted by atomic mass is 127. The summed E-state index contributed by atoms with van der Waals surface area (Å²) in [7, 11) is 0. The van der Waals surface area contributed by atoms with Gasteiger partial charge in [0.2, 0.25) is 0 Å². The van der Waals surface area contributed by atoms with Crippen molar-refractivity contribution in [3.63, 3.8) is 0 Å². The quantitative estimate of drug-likeness (QED) is 0.194. The normalized spacial score (nSPS) is 17.7. The molecule has 1 saturated heterocycles. The Labute approximate surface area is 209 Å². The number of ether oxygens (including phenoxy) is 1. The maximum atomic E-state index is 13.1. The molecule has 0 aliphatic carbocycles. The number of halogens is 1. The predicted molar refractivity (Wildman–Crippen MR) is 138 cm³/mol. The third kappa shape index (κ3) is 5.76. The topological polar surface area (TPSA) is 70.1 Å². The van der Waals surface area contributed by atoms with Crippen molar-refractivity contribution in [2.24, 2.45) is 0 Å². The Morgan fingerprint density at radius 1 is 1.09 bits per heavy atom. The number of rotatable bonds is 10. The molecule has 0 bridgehead atoms. The summed E-state index contributed by atoms with van der Waals surface area (Å²) in [5, 5.41) is 11.2. The number of hydrogen-bond acceptors (Lipinski definition) is 5. The van der Waals surface area contributed by atoms with Gasteiger partial charge < -0.3 is 19.6 Å². The molecule has 0 saturated carbocycles. The summed E-state index contributed by atoms with van der Waals surface area (Å²) in [6, 6.07) is 14.1. The van der Waals surface area contributed by atoms with Crippen molar-refractivity contribution in [3.05, 3.63) is 68.8 Å². The molecular formula is C26H31IN2O4. The van der Waals surface area contributed by atoms with E-state index in [-0.39, 0.29) is 11.3 Å². The van der Waals surface area contributed by atoms with Crippen LogP contribution in [0, 0.1) is 3.57 Å². The molecule has 1 aliphatic rings. The minimum absolute atomic E-state index is 0.123. The summed E-state index contributed by atoms with van der Waals surface area (Å²) in [6.45, 7) is 9.74. The maximum Gasteiger partial charge on any atom is 0.295 e. The zero-order valence-corrected chi connectivity index (χ0v) is 21.5. The summed E-state index contributed by atoms with van der Waals surface area (Å²) in [6.07, 6.45) is 0.745. The largest absolute Gasteiger partial charge is 0.507 e. The standard InChI is InChI=1S/C26H31IN2O4/c1-4-28(5-2)15-8-16-29-23(18-11-13-20(27)14-12-18)22(25(31)26(29)32)24(30)19-9-7-10-21(17-19)33-6-3/h7,9-14,17,23,30H,4-6,8,15-16H2,1-3H3/b24-22+. The van der Waals surface area contributed by atoms with Gasteiger partial charge in [-0.3, -0.25) is 9.59 Å². The van der Waals surface area contributed by atoms with Crippen LogP contribution < -0.4 is 4.74 Å². The van der Waals surface area contributed by atoms with E-state index in [0.29, 0.717) is 24.5 Å². The summed E-state index contributed by atoms with van der Waals surface area (Å²) in [5.41, 5.74) is 1.38. The Morgan fingerprint density at radius 3 is 2.42 bits per heavy atom. The van der Waals surface area contributed by atoms with Crippen LogP contribution in [0.25, 0.3) is 5.76 Å². The van der Waals surface area contributed by atoms with E-state index in [1.54, 1.807) is 29.2 Å². The van der Waals surface area contributed by atoms with Crippen molar-refractivity contribution in [3.8, 4) is 5.75 Å². The van der Waals surface area contributed by atoms with Crippen LogP contribution >= 0.6 is 22.6 Å². The van der Waals surface area contributed by atoms with Crippen molar-refractivity contribution in [2.75, 3.05) is 32.8 Å². The van der Waals surface area contributed by atoms with Crippen molar-refractivity contribution in [1.29, 1.82) is 0 Å². The van der Waals surface area contributed by atoms with Gasteiger partial charge in [0.05, 0.1) is 18.2 Å². The van der Waals surface area contributed by atoms with Gasteiger partial charge in [-0.05, 0) is 85.4 Å². The van der Waals surface area contributed by atoms with Gasteiger partial charge in [-0.25, -0.2) is 0 Å². The number of likely N-dealkylation sites (tertiary alicyclic amines) is 1. The Morgan fingerprint density at radius 2 is 1.79 bits per heavy atom. The first kappa shape index (κ1) is 25.2. The van der Waals surface area contributed by atoms with E-state index in [2.05, 4.69) is 41.3 Å². The molecule has 1 heterocycles. The van der Waals surface area contributed by atoms with Crippen LogP contribution in [0.5, 0.6) is 5.75 Å². The molecule has 33 heavy (non-hydrogen) atoms. The van der Waals surface area contributed by atoms with Crippen LogP contribution in [-0.4, -0.2) is 59.4 Å². The molecule has 1 N–H and O–H groups in total. The lowest BCUT2D eigenvalue weighted by molar-refractivity contribution is -0.140. The number of benzene rings is 2. The molecule has 1 unspecified atom stereocenters. The van der Waals surface area contributed by atoms with Crippen LogP contribution in [0.2, 0.25) is 0 Å². The first-order valence-electron chi connectivity index (χ1n) is 11.4. The Kier molecular flexibility index (Phi) is 8.91. The third-order valence-electron chi connectivity index (χ3n) is 5.91. The average Bonchev–Trinajstić information content (AvgIpc) is 3.07. The van der Waals surface area contributed by atoms with Gasteiger partial charge in [0.1, 0.15) is 11.5 Å². The highest BCUT2D eigenvalue weighted by Gasteiger charge is 2.45. The third-order valence-corrected chi connectivity index (χ3v) is 6.63. The van der Waals surface area contributed by atoms with Gasteiger partial charge in [-0.15, -0.1) is 0 Å². The van der Waals surface area contributed by atoms with Gasteiger partial charge in [-0.1, -0.05) is 38.1 Å². The molecule has 0 aromatic heterocycles. The van der Waals surface area contributed by atoms with Gasteiger partial charge in [-0.2, -0.15) is 0 Å². The molecule has 2 aromatic carbocycles. The number of aliphatic hydroxyl groups is 1. The zero-order chi connectivity index (χ0) is 24.0. The zero-order valence-electron chi connectivity index (χ0n) is 19.4. The first-order valence-corrected chi connectivity index (χ1v) is 12.5. The second-order valence-corrected chi connectivity index (χ2v) is 9.13. The number of carbonyl (C=O) groups is 2. The number of ketones is 1. The molecule has 2 aromatic rings. The van der Waals surface area contributed by atoms with E-state index < -0.39 is 17.7 Å². The Balaban J connectivity index is 2.02. The molecule has 176 valence electrons. The van der Waals surface area contributed by atoms with Gasteiger partial charge in [0.25, 0.3) is 11.7 Å². The number of carbonyl (C=O) groups excluding carboxylic acids is 2. The van der Waals surface area contributed by atoms with Crippen LogP contribution in [0.3, 0.4) is 0 Å². The minimum Gasteiger partial charge on any atom is -0.507 e. The lowest BCUT2D eigenvalue weighted by Crippen LogP contribution is -2.33. The van der Waals surface area contributed by atoms with Gasteiger partial charge in [0, 0.05) is 15.7 Å². The molecule has 0 spiro atoms. The Hall–Kier alpha value is -2.39. The molecule has 0 radical (unpaired) electrons. The second-order valence-electron chi connectivity index (χ2n) is 7.89. The number of aliphatic hydroxyl groups excluding tert-OH is 1. The van der Waals surface area contributed by atoms with E-state index in [0.717, 1.165) is 35.2 Å². The van der Waals surface area contributed by atoms with E-state index >= 15 is 0 Å². The molecule has 1 aliphatic heterocycles. The van der Waals surface area contributed by atoms with Crippen molar-refractivity contribution in [1.82, 2.24) is 9.80 Å². The minimum atomic E-state index is -0.652. The number of nitrogens with zero attached hydrogens (tertiary/aromatic N) is 2. The number of Topliss-reactive ketones (excluding diaryl/α,β-unsaturated/α-hetero) is 1. The van der Waals surface area contributed by atoms with Gasteiger partial charge >= 0.3 is 0 Å². The summed E-state index contributed by atoms with van der Waals surface area (Å²) in [5.74, 6) is -0.799. The molecule has 6 nitrogen and oxygen atoms in total. The fourth-order valence-corrected chi connectivity index (χ4v) is 4.52. The lowest BCUT2D eigenvalue weighted by Gasteiger charge is -2.27. The number of amides is 1. The summed E-state index contributed by atoms with van der Waals surface area (Å²) >= 11 is 2.22. The summed E-state index contributed by atoms with van der Waals surface area (Å²) < 4.78 is 6.60. The van der Waals surface area contributed by atoms with Crippen LogP contribution in [0.1, 0.15) is 44.4 Å². The van der Waals surface area contributed by atoms with Crippen molar-refractivity contribution in [2.45, 2.75) is 33.2 Å². The lowest BCUT2D eigenvalue weighted by atomic mass is 9.95. The van der Waals surface area contributed by atoms with Crippen LogP contribution in [0.4, 0.5) is 0 Å². The van der Waals surface area contributed by atoms with Crippen LogP contribution in [-0.2, 0) is 9.59 Å². The average molecular weight is 562 g/mol. The highest BCUT2D eigenvalue weighted by Crippen LogP contribution is 2.40. The molecule has 7 heteroatoms. The highest BCUT2D eigenvalue weighted by molar-refractivity contribution is 14.1. The maximum absolute atomic E-state index is 13.1. The van der Waals surface area contributed by atoms with Crippen molar-refractivity contribution < 1.29 is 19.4 Å². The Bertz CT molecular complexity index is 1020. The van der Waals surface area contributed by atoms with E-state index in [1.807, 2.05) is 31.2 Å². The summed E-state index contributed by atoms with van der Waals surface area (Å²) in [4.78, 5) is 30.1. The molecule has 3 rings (SSSR count). The molecule has 1 amide bonds.